The topological polar surface area (TPSA) is 81.7 Å². The van der Waals surface area contributed by atoms with Crippen LogP contribution in [0.2, 0.25) is 0 Å². The van der Waals surface area contributed by atoms with Gasteiger partial charge in [-0.3, -0.25) is 4.79 Å². The average Bonchev–Trinajstić information content (AvgIpc) is 2.71. The van der Waals surface area contributed by atoms with Crippen LogP contribution in [0.4, 0.5) is 5.82 Å². The van der Waals surface area contributed by atoms with Crippen LogP contribution in [0.15, 0.2) is 47.6 Å². The van der Waals surface area contributed by atoms with Crippen LogP contribution >= 0.6 is 24.0 Å². The van der Waals surface area contributed by atoms with E-state index in [0.29, 0.717) is 12.1 Å². The maximum atomic E-state index is 11.8. The summed E-state index contributed by atoms with van der Waals surface area (Å²) in [5, 5.41) is 9.27. The van der Waals surface area contributed by atoms with Gasteiger partial charge in [0.1, 0.15) is 5.82 Å². The number of carbonyl (C=O) groups is 1. The maximum absolute atomic E-state index is 11.8. The molecule has 1 aromatic heterocycles. The highest BCUT2D eigenvalue weighted by atomic mass is 127. The lowest BCUT2D eigenvalue weighted by Gasteiger charge is -2.13. The highest BCUT2D eigenvalue weighted by Crippen LogP contribution is 2.10. The van der Waals surface area contributed by atoms with Crippen molar-refractivity contribution in [3.63, 3.8) is 0 Å². The number of guanidine groups is 1. The second-order valence-electron chi connectivity index (χ2n) is 6.57. The fourth-order valence-corrected chi connectivity index (χ4v) is 2.65. The molecule has 29 heavy (non-hydrogen) atoms. The quantitative estimate of drug-likeness (QED) is 0.289. The second-order valence-corrected chi connectivity index (χ2v) is 6.57. The zero-order chi connectivity index (χ0) is 20.4. The SMILES string of the molecule is CCNC(=NCc1ccnc(N(C)C)c1)NCCc1cccc(C(=O)NC)c1.I. The molecule has 1 heterocycles. The Kier molecular flexibility index (Phi) is 11.0. The van der Waals surface area contributed by atoms with Gasteiger partial charge in [0.05, 0.1) is 6.54 Å². The van der Waals surface area contributed by atoms with Crippen molar-refractivity contribution in [1.29, 1.82) is 0 Å². The van der Waals surface area contributed by atoms with Crippen molar-refractivity contribution in [2.24, 2.45) is 4.99 Å². The number of hydrogen-bond acceptors (Lipinski definition) is 4. The number of nitrogens with zero attached hydrogens (tertiary/aromatic N) is 3. The van der Waals surface area contributed by atoms with Crippen LogP contribution < -0.4 is 20.9 Å². The first-order valence-corrected chi connectivity index (χ1v) is 9.49. The van der Waals surface area contributed by atoms with Crippen molar-refractivity contribution in [2.45, 2.75) is 19.9 Å². The Balaban J connectivity index is 0.00000420. The Morgan fingerprint density at radius 1 is 1.14 bits per heavy atom. The van der Waals surface area contributed by atoms with Gasteiger partial charge in [-0.15, -0.1) is 24.0 Å². The fourth-order valence-electron chi connectivity index (χ4n) is 2.65. The van der Waals surface area contributed by atoms with Crippen molar-refractivity contribution in [3.05, 3.63) is 59.3 Å². The molecule has 1 amide bonds. The molecule has 0 aliphatic rings. The van der Waals surface area contributed by atoms with E-state index in [1.807, 2.05) is 62.3 Å². The molecule has 0 radical (unpaired) electrons. The molecular weight excluding hydrogens is 479 g/mol. The van der Waals surface area contributed by atoms with Crippen LogP contribution in [0, 0.1) is 0 Å². The smallest absolute Gasteiger partial charge is 0.251 e. The third-order valence-electron chi connectivity index (χ3n) is 4.15. The molecule has 0 aliphatic carbocycles. The molecule has 3 N–H and O–H groups in total. The number of aromatic nitrogens is 1. The van der Waals surface area contributed by atoms with E-state index in [-0.39, 0.29) is 29.9 Å². The molecule has 0 unspecified atom stereocenters. The van der Waals surface area contributed by atoms with Crippen molar-refractivity contribution in [1.82, 2.24) is 20.9 Å². The standard InChI is InChI=1S/C21H30N6O.HI/c1-5-23-21(26-15-17-10-11-24-19(14-17)27(3)4)25-12-9-16-7-6-8-18(13-16)20(28)22-2;/h6-8,10-11,13-14H,5,9,12,15H2,1-4H3,(H,22,28)(H2,23,25,26);1H. The van der Waals surface area contributed by atoms with Gasteiger partial charge < -0.3 is 20.9 Å². The van der Waals surface area contributed by atoms with Gasteiger partial charge in [0.25, 0.3) is 5.91 Å². The normalized spacial score (nSPS) is 10.7. The molecular formula is C21H31IN6O. The third kappa shape index (κ3) is 8.26. The van der Waals surface area contributed by atoms with Crippen LogP contribution in [-0.2, 0) is 13.0 Å². The molecule has 0 aliphatic heterocycles. The van der Waals surface area contributed by atoms with E-state index in [9.17, 15) is 4.79 Å². The largest absolute Gasteiger partial charge is 0.363 e. The number of pyridine rings is 1. The number of amides is 1. The number of anilines is 1. The van der Waals surface area contributed by atoms with Gasteiger partial charge in [0.2, 0.25) is 0 Å². The second kappa shape index (κ2) is 13.0. The minimum absolute atomic E-state index is 0. The summed E-state index contributed by atoms with van der Waals surface area (Å²) in [5.74, 6) is 1.62. The first kappa shape index (κ1) is 24.7. The predicted molar refractivity (Wildman–Crippen MR) is 130 cm³/mol. The number of hydrogen-bond donors (Lipinski definition) is 3. The van der Waals surface area contributed by atoms with Crippen molar-refractivity contribution >= 4 is 41.7 Å². The zero-order valence-electron chi connectivity index (χ0n) is 17.5. The van der Waals surface area contributed by atoms with E-state index >= 15 is 0 Å². The molecule has 7 nitrogen and oxygen atoms in total. The van der Waals surface area contributed by atoms with Crippen LogP contribution in [0.3, 0.4) is 0 Å². The molecule has 0 atom stereocenters. The molecule has 0 saturated carbocycles. The Morgan fingerprint density at radius 3 is 2.62 bits per heavy atom. The minimum Gasteiger partial charge on any atom is -0.363 e. The molecule has 158 valence electrons. The molecule has 0 bridgehead atoms. The lowest BCUT2D eigenvalue weighted by atomic mass is 10.1. The molecule has 8 heteroatoms. The number of nitrogens with one attached hydrogen (secondary N) is 3. The van der Waals surface area contributed by atoms with Gasteiger partial charge in [-0.1, -0.05) is 12.1 Å². The minimum atomic E-state index is -0.0702. The maximum Gasteiger partial charge on any atom is 0.251 e. The third-order valence-corrected chi connectivity index (χ3v) is 4.15. The van der Waals surface area contributed by atoms with Gasteiger partial charge in [0, 0.05) is 46.0 Å². The van der Waals surface area contributed by atoms with Gasteiger partial charge in [0.15, 0.2) is 5.96 Å². The van der Waals surface area contributed by atoms with Crippen molar-refractivity contribution in [2.75, 3.05) is 39.1 Å². The van der Waals surface area contributed by atoms with Crippen molar-refractivity contribution in [3.8, 4) is 0 Å². The predicted octanol–water partition coefficient (Wildman–Crippen LogP) is 2.42. The molecule has 0 fully saturated rings. The molecule has 0 spiro atoms. The lowest BCUT2D eigenvalue weighted by Crippen LogP contribution is -2.38. The monoisotopic (exact) mass is 510 g/mol. The molecule has 1 aromatic carbocycles. The summed E-state index contributed by atoms with van der Waals surface area (Å²) in [4.78, 5) is 22.7. The Hall–Kier alpha value is -2.36. The van der Waals surface area contributed by atoms with E-state index in [4.69, 9.17) is 0 Å². The van der Waals surface area contributed by atoms with Crippen LogP contribution in [0.25, 0.3) is 0 Å². The van der Waals surface area contributed by atoms with Crippen LogP contribution in [-0.4, -0.2) is 51.1 Å². The molecule has 2 rings (SSSR count). The molecule has 0 saturated heterocycles. The zero-order valence-corrected chi connectivity index (χ0v) is 19.9. The Morgan fingerprint density at radius 2 is 1.93 bits per heavy atom. The summed E-state index contributed by atoms with van der Waals surface area (Å²) in [6, 6.07) is 11.7. The highest BCUT2D eigenvalue weighted by Gasteiger charge is 2.04. The van der Waals surface area contributed by atoms with E-state index in [2.05, 4.69) is 25.9 Å². The van der Waals surface area contributed by atoms with Crippen LogP contribution in [0.1, 0.15) is 28.4 Å². The van der Waals surface area contributed by atoms with Gasteiger partial charge in [-0.2, -0.15) is 0 Å². The number of carbonyl (C=O) groups excluding carboxylic acids is 1. The Labute approximate surface area is 190 Å². The first-order chi connectivity index (χ1) is 13.5. The number of benzene rings is 1. The summed E-state index contributed by atoms with van der Waals surface area (Å²) in [6.07, 6.45) is 2.61. The summed E-state index contributed by atoms with van der Waals surface area (Å²) < 4.78 is 0. The fraction of sp³-hybridized carbons (Fsp3) is 0.381. The average molecular weight is 510 g/mol. The van der Waals surface area contributed by atoms with Gasteiger partial charge in [-0.25, -0.2) is 9.98 Å². The number of rotatable bonds is 8. The van der Waals surface area contributed by atoms with E-state index in [1.165, 1.54) is 0 Å². The molecule has 2 aromatic rings. The highest BCUT2D eigenvalue weighted by molar-refractivity contribution is 14.0. The van der Waals surface area contributed by atoms with Crippen LogP contribution in [0.5, 0.6) is 0 Å². The summed E-state index contributed by atoms with van der Waals surface area (Å²) >= 11 is 0. The van der Waals surface area contributed by atoms with Gasteiger partial charge >= 0.3 is 0 Å². The van der Waals surface area contributed by atoms with Gasteiger partial charge in [-0.05, 0) is 48.7 Å². The van der Waals surface area contributed by atoms with E-state index < -0.39 is 0 Å². The summed E-state index contributed by atoms with van der Waals surface area (Å²) in [7, 11) is 5.58. The van der Waals surface area contributed by atoms with E-state index in [0.717, 1.165) is 42.4 Å². The number of halogens is 1. The summed E-state index contributed by atoms with van der Waals surface area (Å²) in [5.41, 5.74) is 2.89. The van der Waals surface area contributed by atoms with Crippen molar-refractivity contribution < 1.29 is 4.79 Å². The number of aliphatic imine (C=N–C) groups is 1. The summed E-state index contributed by atoms with van der Waals surface area (Å²) in [6.45, 7) is 4.13. The first-order valence-electron chi connectivity index (χ1n) is 9.49. The Bertz CT molecular complexity index is 809. The lowest BCUT2D eigenvalue weighted by molar-refractivity contribution is 0.0963. The van der Waals surface area contributed by atoms with E-state index in [1.54, 1.807) is 13.2 Å².